The number of hydrogen-bond donors (Lipinski definition) is 1. The van der Waals surface area contributed by atoms with Gasteiger partial charge in [0.25, 0.3) is 0 Å². The molecule has 0 aliphatic rings. The molecule has 18 heavy (non-hydrogen) atoms. The van der Waals surface area contributed by atoms with E-state index >= 15 is 0 Å². The monoisotopic (exact) mass is 280 g/mol. The van der Waals surface area contributed by atoms with Crippen LogP contribution in [0.5, 0.6) is 0 Å². The first-order valence-electron chi connectivity index (χ1n) is 5.42. The van der Waals surface area contributed by atoms with E-state index in [0.717, 1.165) is 12.5 Å². The number of carboxylic acids is 1. The maximum absolute atomic E-state index is 9.60. The van der Waals surface area contributed by atoms with Crippen LogP contribution in [-0.4, -0.2) is 54.9 Å². The van der Waals surface area contributed by atoms with Crippen LogP contribution in [0.4, 0.5) is 0 Å². The average Bonchev–Trinajstić information content (AvgIpc) is 2.36. The molecule has 0 saturated carbocycles. The summed E-state index contributed by atoms with van der Waals surface area (Å²) in [6.45, 7) is 5.31. The molecule has 7 heteroatoms. The fraction of sp³-hybridized carbons (Fsp3) is 0.727. The van der Waals surface area contributed by atoms with E-state index in [9.17, 15) is 4.79 Å². The maximum Gasteiger partial charge on any atom is 0.500 e. The van der Waals surface area contributed by atoms with Gasteiger partial charge in [-0.1, -0.05) is 6.58 Å². The van der Waals surface area contributed by atoms with Crippen LogP contribution < -0.4 is 0 Å². The van der Waals surface area contributed by atoms with Gasteiger partial charge in [-0.3, -0.25) is 0 Å². The zero-order valence-electron chi connectivity index (χ0n) is 11.8. The third-order valence-electron chi connectivity index (χ3n) is 2.13. The van der Waals surface area contributed by atoms with Gasteiger partial charge in [0.2, 0.25) is 0 Å². The summed E-state index contributed by atoms with van der Waals surface area (Å²) in [6.07, 6.45) is 0.901. The van der Waals surface area contributed by atoms with Gasteiger partial charge in [-0.15, -0.1) is 0 Å². The molecule has 0 aliphatic carbocycles. The first kappa shape index (κ1) is 19.6. The topological polar surface area (TPSA) is 74.2 Å². The second-order valence-corrected chi connectivity index (χ2v) is 6.57. The van der Waals surface area contributed by atoms with Gasteiger partial charge in [0, 0.05) is 46.7 Å². The molecule has 0 unspecified atom stereocenters. The second kappa shape index (κ2) is 11.4. The van der Waals surface area contributed by atoms with Gasteiger partial charge in [-0.2, -0.15) is 0 Å². The number of hydrogen-bond acceptors (Lipinski definition) is 5. The van der Waals surface area contributed by atoms with Crippen LogP contribution in [-0.2, 0) is 22.8 Å². The molecule has 6 nitrogen and oxygen atoms in total. The lowest BCUT2D eigenvalue weighted by Gasteiger charge is -2.23. The molecule has 0 bridgehead atoms. The molecule has 0 saturated heterocycles. The summed E-state index contributed by atoms with van der Waals surface area (Å²) in [4.78, 5) is 9.60. The minimum Gasteiger partial charge on any atom is -0.478 e. The molecule has 0 atom stereocenters. The lowest BCUT2D eigenvalue weighted by Crippen LogP contribution is -2.42. The Morgan fingerprint density at radius 1 is 1.17 bits per heavy atom. The van der Waals surface area contributed by atoms with Crippen LogP contribution in [0.25, 0.3) is 0 Å². The molecule has 0 aromatic heterocycles. The van der Waals surface area contributed by atoms with Crippen molar-refractivity contribution in [3.8, 4) is 0 Å². The van der Waals surface area contributed by atoms with E-state index in [-0.39, 0.29) is 5.57 Å². The van der Waals surface area contributed by atoms with E-state index in [1.165, 1.54) is 6.92 Å². The maximum atomic E-state index is 9.60. The minimum atomic E-state index is -2.33. The van der Waals surface area contributed by atoms with E-state index < -0.39 is 14.8 Å². The highest BCUT2D eigenvalue weighted by molar-refractivity contribution is 6.60. The van der Waals surface area contributed by atoms with Crippen LogP contribution in [0.1, 0.15) is 13.3 Å². The van der Waals surface area contributed by atoms with E-state index in [0.29, 0.717) is 6.61 Å². The first-order valence-corrected chi connectivity index (χ1v) is 7.35. The molecular formula is C11H24O6Si. The molecular weight excluding hydrogens is 256 g/mol. The number of rotatable bonds is 8. The van der Waals surface area contributed by atoms with Gasteiger partial charge < -0.3 is 23.1 Å². The van der Waals surface area contributed by atoms with Gasteiger partial charge in [-0.25, -0.2) is 4.79 Å². The fourth-order valence-corrected chi connectivity index (χ4v) is 2.68. The minimum absolute atomic E-state index is 0.176. The summed E-state index contributed by atoms with van der Waals surface area (Å²) in [5, 5.41) is 7.89. The van der Waals surface area contributed by atoms with Crippen LogP contribution in [0.2, 0.25) is 6.04 Å². The molecule has 108 valence electrons. The highest BCUT2D eigenvalue weighted by Gasteiger charge is 2.36. The molecule has 0 amide bonds. The summed E-state index contributed by atoms with van der Waals surface area (Å²) < 4.78 is 20.6. The molecule has 0 fully saturated rings. The number of carbonyl (C=O) groups is 1. The number of methoxy groups -OCH3 is 1. The molecule has 0 spiro atoms. The van der Waals surface area contributed by atoms with Crippen LogP contribution in [0, 0.1) is 0 Å². The molecule has 1 N–H and O–H groups in total. The Labute approximate surface area is 110 Å². The largest absolute Gasteiger partial charge is 0.500 e. The van der Waals surface area contributed by atoms with E-state index in [1.807, 2.05) is 0 Å². The van der Waals surface area contributed by atoms with Crippen molar-refractivity contribution in [2.75, 3.05) is 35.0 Å². The van der Waals surface area contributed by atoms with E-state index in [2.05, 4.69) is 6.58 Å². The second-order valence-electron chi connectivity index (χ2n) is 3.48. The summed E-state index contributed by atoms with van der Waals surface area (Å²) in [5.74, 6) is -0.935. The third-order valence-corrected chi connectivity index (χ3v) is 4.96. The van der Waals surface area contributed by atoms with Gasteiger partial charge in [-0.05, 0) is 13.3 Å². The molecule has 0 radical (unpaired) electrons. The van der Waals surface area contributed by atoms with Gasteiger partial charge >= 0.3 is 14.8 Å². The highest BCUT2D eigenvalue weighted by atomic mass is 28.4. The summed E-state index contributed by atoms with van der Waals surface area (Å²) in [7, 11) is 4.19. The van der Waals surface area contributed by atoms with E-state index in [1.54, 1.807) is 28.4 Å². The van der Waals surface area contributed by atoms with Crippen molar-refractivity contribution in [2.24, 2.45) is 0 Å². The van der Waals surface area contributed by atoms with Gasteiger partial charge in [0.15, 0.2) is 0 Å². The molecule has 0 heterocycles. The molecule has 0 aromatic carbocycles. The molecule has 0 aliphatic heterocycles. The number of aliphatic carboxylic acids is 1. The van der Waals surface area contributed by atoms with Gasteiger partial charge in [0.1, 0.15) is 0 Å². The van der Waals surface area contributed by atoms with Crippen molar-refractivity contribution < 1.29 is 27.9 Å². The van der Waals surface area contributed by atoms with Crippen LogP contribution in [0.3, 0.4) is 0 Å². The summed E-state index contributed by atoms with van der Waals surface area (Å²) in [5.41, 5.74) is 0.176. The van der Waals surface area contributed by atoms with Crippen molar-refractivity contribution in [1.29, 1.82) is 0 Å². The third kappa shape index (κ3) is 9.31. The molecule has 0 rings (SSSR count). The lowest BCUT2D eigenvalue weighted by molar-refractivity contribution is -0.132. The Balaban J connectivity index is 0. The Morgan fingerprint density at radius 2 is 1.56 bits per heavy atom. The predicted molar refractivity (Wildman–Crippen MR) is 70.5 cm³/mol. The Hall–Kier alpha value is -0.733. The Morgan fingerprint density at radius 3 is 1.78 bits per heavy atom. The van der Waals surface area contributed by atoms with Crippen molar-refractivity contribution in [3.63, 3.8) is 0 Å². The average molecular weight is 280 g/mol. The highest BCUT2D eigenvalue weighted by Crippen LogP contribution is 2.14. The van der Waals surface area contributed by atoms with E-state index in [4.69, 9.17) is 23.1 Å². The predicted octanol–water partition coefficient (Wildman–Crippen LogP) is 1.55. The Kier molecular flexibility index (Phi) is 12.4. The quantitative estimate of drug-likeness (QED) is 0.413. The zero-order valence-corrected chi connectivity index (χ0v) is 12.8. The fourth-order valence-electron chi connectivity index (χ4n) is 0.989. The summed E-state index contributed by atoms with van der Waals surface area (Å²) in [6, 6.07) is 0.796. The number of carboxylic acid groups (broad SMARTS) is 1. The zero-order chi connectivity index (χ0) is 14.6. The van der Waals surface area contributed by atoms with Crippen molar-refractivity contribution in [2.45, 2.75) is 19.4 Å². The summed E-state index contributed by atoms with van der Waals surface area (Å²) >= 11 is 0. The molecule has 0 aromatic rings. The Bertz CT molecular complexity index is 219. The number of ether oxygens (including phenoxy) is 1. The standard InChI is InChI=1S/C7H18O4Si.C4H6O2/c1-8-6-5-7-12(9-2,10-3)11-4;1-3(2)4(5)6/h5-7H2,1-4H3;1H2,2H3,(H,5,6). The lowest BCUT2D eigenvalue weighted by atomic mass is 10.4. The van der Waals surface area contributed by atoms with Gasteiger partial charge in [0.05, 0.1) is 0 Å². The SMILES string of the molecule is C=C(C)C(=O)O.COCCC[Si](OC)(OC)OC. The van der Waals surface area contributed by atoms with Crippen molar-refractivity contribution >= 4 is 14.8 Å². The van der Waals surface area contributed by atoms with Crippen molar-refractivity contribution in [3.05, 3.63) is 12.2 Å². The van der Waals surface area contributed by atoms with Crippen molar-refractivity contribution in [1.82, 2.24) is 0 Å². The smallest absolute Gasteiger partial charge is 0.478 e. The first-order chi connectivity index (χ1) is 8.39. The van der Waals surface area contributed by atoms with Crippen LogP contribution >= 0.6 is 0 Å². The van der Waals surface area contributed by atoms with Crippen LogP contribution in [0.15, 0.2) is 12.2 Å². The normalized spacial score (nSPS) is 10.5.